The summed E-state index contributed by atoms with van der Waals surface area (Å²) < 4.78 is 18.0. The zero-order valence-corrected chi connectivity index (χ0v) is 8.88. The van der Waals surface area contributed by atoms with Crippen molar-refractivity contribution < 1.29 is 14.1 Å². The first kappa shape index (κ1) is 10.9. The lowest BCUT2D eigenvalue weighted by Gasteiger charge is -2.06. The number of ether oxygens (including phenoxy) is 1. The number of hydrogen-bond acceptors (Lipinski definition) is 3. The highest BCUT2D eigenvalue weighted by atomic mass is 79.9. The molecule has 6 heteroatoms. The first-order valence-corrected chi connectivity index (χ1v) is 4.62. The van der Waals surface area contributed by atoms with Crippen LogP contribution in [0.2, 0.25) is 0 Å². The average Bonchev–Trinajstić information content (AvgIpc) is 2.13. The molecule has 0 heterocycles. The van der Waals surface area contributed by atoms with Gasteiger partial charge in [-0.15, -0.1) is 0 Å². The minimum atomic E-state index is -0.616. The first-order chi connectivity index (χ1) is 6.57. The molecule has 1 aromatic rings. The predicted octanol–water partition coefficient (Wildman–Crippen LogP) is 2.90. The fourth-order valence-electron chi connectivity index (χ4n) is 0.947. The SMILES string of the molecule is CCOc1c([N+](=O)[O-])ccc(F)c1Br. The Kier molecular flexibility index (Phi) is 3.40. The molecule has 0 aromatic heterocycles. The highest BCUT2D eigenvalue weighted by molar-refractivity contribution is 9.10. The van der Waals surface area contributed by atoms with Crippen LogP contribution in [0.15, 0.2) is 16.6 Å². The molecule has 14 heavy (non-hydrogen) atoms. The van der Waals surface area contributed by atoms with Gasteiger partial charge in [-0.25, -0.2) is 4.39 Å². The van der Waals surface area contributed by atoms with Crippen molar-refractivity contribution in [2.75, 3.05) is 6.61 Å². The van der Waals surface area contributed by atoms with Gasteiger partial charge in [-0.05, 0) is 28.9 Å². The lowest BCUT2D eigenvalue weighted by atomic mass is 10.3. The summed E-state index contributed by atoms with van der Waals surface area (Å²) in [6.07, 6.45) is 0. The van der Waals surface area contributed by atoms with Crippen LogP contribution in [0.3, 0.4) is 0 Å². The van der Waals surface area contributed by atoms with Gasteiger partial charge in [-0.3, -0.25) is 10.1 Å². The zero-order valence-electron chi connectivity index (χ0n) is 7.29. The van der Waals surface area contributed by atoms with E-state index in [0.717, 1.165) is 12.1 Å². The normalized spacial score (nSPS) is 9.93. The van der Waals surface area contributed by atoms with Crippen molar-refractivity contribution in [2.45, 2.75) is 6.92 Å². The van der Waals surface area contributed by atoms with Gasteiger partial charge in [0.25, 0.3) is 0 Å². The van der Waals surface area contributed by atoms with Gasteiger partial charge < -0.3 is 4.74 Å². The number of benzene rings is 1. The molecule has 1 rings (SSSR count). The molecule has 0 unspecified atom stereocenters. The summed E-state index contributed by atoms with van der Waals surface area (Å²) in [6.45, 7) is 1.91. The van der Waals surface area contributed by atoms with Crippen LogP contribution >= 0.6 is 15.9 Å². The van der Waals surface area contributed by atoms with E-state index in [4.69, 9.17) is 4.74 Å². The van der Waals surface area contributed by atoms with Gasteiger partial charge >= 0.3 is 5.69 Å². The Morgan fingerprint density at radius 1 is 1.64 bits per heavy atom. The number of halogens is 2. The fraction of sp³-hybridized carbons (Fsp3) is 0.250. The molecule has 0 radical (unpaired) electrons. The van der Waals surface area contributed by atoms with Gasteiger partial charge in [0.1, 0.15) is 10.3 Å². The molecular formula is C8H7BrFNO3. The predicted molar refractivity (Wildman–Crippen MR) is 51.9 cm³/mol. The molecule has 0 spiro atoms. The maximum Gasteiger partial charge on any atom is 0.312 e. The number of nitro groups is 1. The molecule has 0 atom stereocenters. The van der Waals surface area contributed by atoms with E-state index in [1.54, 1.807) is 6.92 Å². The van der Waals surface area contributed by atoms with Crippen LogP contribution < -0.4 is 4.74 Å². The zero-order chi connectivity index (χ0) is 10.7. The third-order valence-electron chi connectivity index (χ3n) is 1.51. The Balaban J connectivity index is 3.29. The molecule has 1 aromatic carbocycles. The second kappa shape index (κ2) is 4.36. The second-order valence-electron chi connectivity index (χ2n) is 2.40. The van der Waals surface area contributed by atoms with Crippen molar-refractivity contribution in [2.24, 2.45) is 0 Å². The van der Waals surface area contributed by atoms with Crippen LogP contribution in [0.4, 0.5) is 10.1 Å². The van der Waals surface area contributed by atoms with E-state index in [0.29, 0.717) is 0 Å². The molecular weight excluding hydrogens is 257 g/mol. The van der Waals surface area contributed by atoms with Gasteiger partial charge in [0, 0.05) is 6.07 Å². The van der Waals surface area contributed by atoms with Crippen LogP contribution in [-0.2, 0) is 0 Å². The van der Waals surface area contributed by atoms with Crippen LogP contribution in [0.5, 0.6) is 5.75 Å². The molecule has 0 saturated carbocycles. The van der Waals surface area contributed by atoms with Gasteiger partial charge in [0.05, 0.1) is 11.5 Å². The van der Waals surface area contributed by atoms with Crippen molar-refractivity contribution in [3.05, 3.63) is 32.5 Å². The summed E-state index contributed by atoms with van der Waals surface area (Å²) in [6, 6.07) is 2.09. The maximum absolute atomic E-state index is 13.0. The topological polar surface area (TPSA) is 52.4 Å². The molecule has 0 N–H and O–H groups in total. The Bertz CT molecular complexity index is 370. The Hall–Kier alpha value is -1.17. The molecule has 0 aliphatic carbocycles. The molecule has 0 fully saturated rings. The molecule has 0 bridgehead atoms. The van der Waals surface area contributed by atoms with Gasteiger partial charge in [0.15, 0.2) is 0 Å². The smallest absolute Gasteiger partial charge is 0.312 e. The van der Waals surface area contributed by atoms with Crippen molar-refractivity contribution in [1.82, 2.24) is 0 Å². The monoisotopic (exact) mass is 263 g/mol. The van der Waals surface area contributed by atoms with Crippen LogP contribution in [0.1, 0.15) is 6.92 Å². The molecule has 0 amide bonds. The van der Waals surface area contributed by atoms with Crippen LogP contribution in [0.25, 0.3) is 0 Å². The maximum atomic E-state index is 13.0. The van der Waals surface area contributed by atoms with Crippen molar-refractivity contribution >= 4 is 21.6 Å². The first-order valence-electron chi connectivity index (χ1n) is 3.83. The molecule has 76 valence electrons. The summed E-state index contributed by atoms with van der Waals surface area (Å²) in [4.78, 5) is 9.93. The largest absolute Gasteiger partial charge is 0.486 e. The van der Waals surface area contributed by atoms with Crippen molar-refractivity contribution in [1.29, 1.82) is 0 Å². The van der Waals surface area contributed by atoms with Gasteiger partial charge in [0.2, 0.25) is 5.75 Å². The standard InChI is InChI=1S/C8H7BrFNO3/c1-2-14-8-6(11(12)13)4-3-5(10)7(8)9/h3-4H,2H2,1H3. The Morgan fingerprint density at radius 2 is 2.29 bits per heavy atom. The van der Waals surface area contributed by atoms with E-state index in [1.165, 1.54) is 0 Å². The summed E-state index contributed by atoms with van der Waals surface area (Å²) in [5.74, 6) is -0.656. The van der Waals surface area contributed by atoms with E-state index in [1.807, 2.05) is 0 Å². The molecule has 0 aliphatic heterocycles. The second-order valence-corrected chi connectivity index (χ2v) is 3.19. The van der Waals surface area contributed by atoms with Crippen molar-refractivity contribution in [3.8, 4) is 5.75 Å². The Labute approximate surface area is 88.0 Å². The highest BCUT2D eigenvalue weighted by Gasteiger charge is 2.20. The van der Waals surface area contributed by atoms with Gasteiger partial charge in [-0.2, -0.15) is 0 Å². The van der Waals surface area contributed by atoms with E-state index >= 15 is 0 Å². The van der Waals surface area contributed by atoms with Crippen molar-refractivity contribution in [3.63, 3.8) is 0 Å². The summed E-state index contributed by atoms with van der Waals surface area (Å²) >= 11 is 2.90. The molecule has 0 saturated heterocycles. The van der Waals surface area contributed by atoms with Crippen LogP contribution in [-0.4, -0.2) is 11.5 Å². The number of nitro benzene ring substituents is 1. The summed E-state index contributed by atoms with van der Waals surface area (Å²) in [5.41, 5.74) is -0.250. The number of nitrogens with zero attached hydrogens (tertiary/aromatic N) is 1. The number of rotatable bonds is 3. The van der Waals surface area contributed by atoms with E-state index in [2.05, 4.69) is 15.9 Å². The Morgan fingerprint density at radius 3 is 2.79 bits per heavy atom. The van der Waals surface area contributed by atoms with E-state index < -0.39 is 10.7 Å². The minimum Gasteiger partial charge on any atom is -0.486 e. The summed E-state index contributed by atoms with van der Waals surface area (Å²) in [5, 5.41) is 10.5. The van der Waals surface area contributed by atoms with E-state index in [9.17, 15) is 14.5 Å². The van der Waals surface area contributed by atoms with Gasteiger partial charge in [-0.1, -0.05) is 0 Å². The molecule has 4 nitrogen and oxygen atoms in total. The lowest BCUT2D eigenvalue weighted by molar-refractivity contribution is -0.386. The molecule has 0 aliphatic rings. The average molecular weight is 264 g/mol. The summed E-state index contributed by atoms with van der Waals surface area (Å²) in [7, 11) is 0. The quantitative estimate of drug-likeness (QED) is 0.623. The number of hydrogen-bond donors (Lipinski definition) is 0. The fourth-order valence-corrected chi connectivity index (χ4v) is 1.40. The minimum absolute atomic E-state index is 0.0199. The highest BCUT2D eigenvalue weighted by Crippen LogP contribution is 2.36. The third kappa shape index (κ3) is 2.01. The third-order valence-corrected chi connectivity index (χ3v) is 2.25. The van der Waals surface area contributed by atoms with Crippen LogP contribution in [0, 0.1) is 15.9 Å². The lowest BCUT2D eigenvalue weighted by Crippen LogP contribution is -1.99. The van der Waals surface area contributed by atoms with E-state index in [-0.39, 0.29) is 22.5 Å².